The van der Waals surface area contributed by atoms with Crippen LogP contribution in [-0.2, 0) is 7.05 Å². The Morgan fingerprint density at radius 2 is 1.74 bits per heavy atom. The number of hydrogen-bond donors (Lipinski definition) is 0. The van der Waals surface area contributed by atoms with Gasteiger partial charge in [0.2, 0.25) is 0 Å². The zero-order chi connectivity index (χ0) is 16.6. The fraction of sp³-hybridized carbons (Fsp3) is 0.316. The van der Waals surface area contributed by atoms with Crippen LogP contribution in [0.1, 0.15) is 19.4 Å². The first kappa shape index (κ1) is 15.8. The van der Waals surface area contributed by atoms with Crippen molar-refractivity contribution >= 4 is 27.2 Å². The number of thiophene rings is 1. The molecule has 0 saturated heterocycles. The van der Waals surface area contributed by atoms with Crippen molar-refractivity contribution in [1.29, 1.82) is 0 Å². The van der Waals surface area contributed by atoms with E-state index in [1.54, 1.807) is 22.0 Å². The highest BCUT2D eigenvalue weighted by molar-refractivity contribution is 7.22. The molecule has 4 heteroatoms. The van der Waals surface area contributed by atoms with E-state index in [2.05, 4.69) is 49.1 Å². The number of nitrogens with zero attached hydrogens (tertiary/aromatic N) is 2. The Hall–Kier alpha value is -2.07. The molecular formula is C19H22N2OS. The molecule has 23 heavy (non-hydrogen) atoms. The highest BCUT2D eigenvalue weighted by Crippen LogP contribution is 2.35. The smallest absolute Gasteiger partial charge is 0.251 e. The van der Waals surface area contributed by atoms with Gasteiger partial charge >= 0.3 is 0 Å². The van der Waals surface area contributed by atoms with Gasteiger partial charge in [-0.3, -0.25) is 4.79 Å². The van der Waals surface area contributed by atoms with E-state index in [9.17, 15) is 4.79 Å². The fourth-order valence-electron chi connectivity index (χ4n) is 2.95. The highest BCUT2D eigenvalue weighted by atomic mass is 32.1. The minimum absolute atomic E-state index is 0.0521. The minimum Gasteiger partial charge on any atom is -0.372 e. The summed E-state index contributed by atoms with van der Waals surface area (Å²) in [5.74, 6) is 0. The number of aromatic nitrogens is 1. The van der Waals surface area contributed by atoms with Gasteiger partial charge in [-0.2, -0.15) is 0 Å². The topological polar surface area (TPSA) is 25.2 Å². The van der Waals surface area contributed by atoms with Crippen LogP contribution in [0.25, 0.3) is 20.7 Å². The lowest BCUT2D eigenvalue weighted by atomic mass is 10.1. The van der Waals surface area contributed by atoms with Crippen molar-refractivity contribution in [3.63, 3.8) is 0 Å². The zero-order valence-corrected chi connectivity index (χ0v) is 14.9. The fourth-order valence-corrected chi connectivity index (χ4v) is 4.11. The second-order valence-electron chi connectivity index (χ2n) is 5.77. The Balaban J connectivity index is 2.05. The third-order valence-corrected chi connectivity index (χ3v) is 5.69. The predicted octanol–water partition coefficient (Wildman–Crippen LogP) is 4.42. The molecule has 0 aliphatic heterocycles. The maximum absolute atomic E-state index is 11.9. The van der Waals surface area contributed by atoms with Gasteiger partial charge < -0.3 is 9.47 Å². The average Bonchev–Trinajstić information content (AvgIpc) is 3.01. The van der Waals surface area contributed by atoms with Gasteiger partial charge in [0.05, 0.1) is 10.2 Å². The molecule has 0 bridgehead atoms. The van der Waals surface area contributed by atoms with E-state index >= 15 is 0 Å². The lowest BCUT2D eigenvalue weighted by Gasteiger charge is -2.21. The van der Waals surface area contributed by atoms with Crippen molar-refractivity contribution in [3.8, 4) is 10.4 Å². The summed E-state index contributed by atoms with van der Waals surface area (Å²) in [4.78, 5) is 15.5. The minimum atomic E-state index is 0.0521. The van der Waals surface area contributed by atoms with Crippen LogP contribution in [0.4, 0.5) is 5.69 Å². The Kier molecular flexibility index (Phi) is 4.26. The van der Waals surface area contributed by atoms with Crippen molar-refractivity contribution in [1.82, 2.24) is 4.57 Å². The highest BCUT2D eigenvalue weighted by Gasteiger charge is 2.10. The maximum Gasteiger partial charge on any atom is 0.251 e. The first-order valence-corrected chi connectivity index (χ1v) is 8.82. The molecule has 0 amide bonds. The molecule has 0 aliphatic carbocycles. The van der Waals surface area contributed by atoms with Gasteiger partial charge in [-0.15, -0.1) is 11.3 Å². The summed E-state index contributed by atoms with van der Waals surface area (Å²) < 4.78 is 2.92. The predicted molar refractivity (Wildman–Crippen MR) is 101 cm³/mol. The lowest BCUT2D eigenvalue weighted by Crippen LogP contribution is -2.21. The van der Waals surface area contributed by atoms with Crippen LogP contribution in [0.5, 0.6) is 0 Å². The van der Waals surface area contributed by atoms with E-state index in [1.807, 2.05) is 14.0 Å². The molecule has 120 valence electrons. The summed E-state index contributed by atoms with van der Waals surface area (Å²) in [6.07, 6.45) is 0. The summed E-state index contributed by atoms with van der Waals surface area (Å²) in [6, 6.07) is 12.5. The third kappa shape index (κ3) is 2.79. The van der Waals surface area contributed by atoms with Crippen LogP contribution >= 0.6 is 11.3 Å². The lowest BCUT2D eigenvalue weighted by molar-refractivity contribution is 0.866. The molecule has 0 atom stereocenters. The molecule has 3 nitrogen and oxygen atoms in total. The van der Waals surface area contributed by atoms with Gasteiger partial charge in [0.25, 0.3) is 5.56 Å². The van der Waals surface area contributed by atoms with Crippen LogP contribution in [-0.4, -0.2) is 17.7 Å². The molecule has 0 aliphatic rings. The number of fused-ring (bicyclic) bond motifs is 1. The van der Waals surface area contributed by atoms with Crippen molar-refractivity contribution in [3.05, 3.63) is 52.3 Å². The SMILES string of the molecule is CCN(CC)c1ccc(-c2cc3c(s2)c(C)cc(=O)n3C)cc1. The van der Waals surface area contributed by atoms with Gasteiger partial charge in [0.15, 0.2) is 0 Å². The summed E-state index contributed by atoms with van der Waals surface area (Å²) in [7, 11) is 1.84. The summed E-state index contributed by atoms with van der Waals surface area (Å²) in [6.45, 7) is 8.38. The largest absolute Gasteiger partial charge is 0.372 e. The van der Waals surface area contributed by atoms with E-state index in [0.29, 0.717) is 0 Å². The van der Waals surface area contributed by atoms with Crippen LogP contribution in [0.15, 0.2) is 41.2 Å². The molecule has 0 spiro atoms. The monoisotopic (exact) mass is 326 g/mol. The van der Waals surface area contributed by atoms with E-state index in [0.717, 1.165) is 24.2 Å². The van der Waals surface area contributed by atoms with Gasteiger partial charge in [0, 0.05) is 36.8 Å². The van der Waals surface area contributed by atoms with Crippen LogP contribution < -0.4 is 10.5 Å². The second-order valence-corrected chi connectivity index (χ2v) is 6.82. The van der Waals surface area contributed by atoms with Crippen LogP contribution in [0.3, 0.4) is 0 Å². The Morgan fingerprint density at radius 3 is 2.35 bits per heavy atom. The van der Waals surface area contributed by atoms with Gasteiger partial charge in [-0.1, -0.05) is 12.1 Å². The second kappa shape index (κ2) is 6.20. The summed E-state index contributed by atoms with van der Waals surface area (Å²) >= 11 is 1.75. The number of anilines is 1. The third-order valence-electron chi connectivity index (χ3n) is 4.38. The number of pyridine rings is 1. The van der Waals surface area contributed by atoms with E-state index in [1.165, 1.54) is 20.8 Å². The average molecular weight is 326 g/mol. The number of rotatable bonds is 4. The summed E-state index contributed by atoms with van der Waals surface area (Å²) in [5, 5.41) is 0. The van der Waals surface area contributed by atoms with E-state index in [-0.39, 0.29) is 5.56 Å². The molecule has 3 aromatic rings. The molecule has 2 aromatic heterocycles. The Labute approximate surface area is 140 Å². The molecule has 0 fully saturated rings. The van der Waals surface area contributed by atoms with Crippen molar-refractivity contribution in [2.45, 2.75) is 20.8 Å². The zero-order valence-electron chi connectivity index (χ0n) is 14.1. The number of hydrogen-bond acceptors (Lipinski definition) is 3. The molecule has 0 radical (unpaired) electrons. The molecule has 0 N–H and O–H groups in total. The molecule has 2 heterocycles. The van der Waals surface area contributed by atoms with Gasteiger partial charge in [0.1, 0.15) is 0 Å². The number of aryl methyl sites for hydroxylation is 2. The molecule has 0 saturated carbocycles. The summed E-state index contributed by atoms with van der Waals surface area (Å²) in [5.41, 5.74) is 4.58. The standard InChI is InChI=1S/C19H22N2OS/c1-5-21(6-2)15-9-7-14(8-10-15)17-12-16-19(23-17)13(3)11-18(22)20(16)4/h7-12H,5-6H2,1-4H3. The maximum atomic E-state index is 11.9. The van der Waals surface area contributed by atoms with Crippen molar-refractivity contribution in [2.75, 3.05) is 18.0 Å². The van der Waals surface area contributed by atoms with Crippen molar-refractivity contribution in [2.24, 2.45) is 7.05 Å². The molecular weight excluding hydrogens is 304 g/mol. The number of benzene rings is 1. The molecule has 0 unspecified atom stereocenters. The molecule has 3 rings (SSSR count). The van der Waals surface area contributed by atoms with E-state index in [4.69, 9.17) is 0 Å². The van der Waals surface area contributed by atoms with Crippen molar-refractivity contribution < 1.29 is 0 Å². The first-order valence-electron chi connectivity index (χ1n) is 8.00. The quantitative estimate of drug-likeness (QED) is 0.709. The van der Waals surface area contributed by atoms with Gasteiger partial charge in [-0.05, 0) is 50.1 Å². The first-order chi connectivity index (χ1) is 11.0. The Bertz CT molecular complexity index is 886. The normalized spacial score (nSPS) is 11.1. The van der Waals surface area contributed by atoms with E-state index < -0.39 is 0 Å². The van der Waals surface area contributed by atoms with Crippen LogP contribution in [0, 0.1) is 6.92 Å². The van der Waals surface area contributed by atoms with Gasteiger partial charge in [-0.25, -0.2) is 0 Å². The van der Waals surface area contributed by atoms with Crippen LogP contribution in [0.2, 0.25) is 0 Å². The molecule has 1 aromatic carbocycles. The Morgan fingerprint density at radius 1 is 1.09 bits per heavy atom.